The smallest absolute Gasteiger partial charge is 0.351 e. The second kappa shape index (κ2) is 10.2. The van der Waals surface area contributed by atoms with Crippen molar-refractivity contribution in [1.82, 2.24) is 0 Å². The third kappa shape index (κ3) is 5.93. The van der Waals surface area contributed by atoms with Gasteiger partial charge in [-0.3, -0.25) is 14.4 Å². The van der Waals surface area contributed by atoms with Gasteiger partial charge in [0.05, 0.1) is 0 Å². The lowest BCUT2D eigenvalue weighted by Crippen LogP contribution is -2.62. The van der Waals surface area contributed by atoms with Gasteiger partial charge in [-0.2, -0.15) is 0 Å². The Morgan fingerprint density at radius 2 is 1.50 bits per heavy atom. The molecular weight excluding hydrogens is 402 g/mol. The topological polar surface area (TPSA) is 147 Å². The van der Waals surface area contributed by atoms with Crippen LogP contribution in [-0.4, -0.2) is 59.4 Å². The standard InChI is InChI=1S/C19H21NO10/c1-10(21)27-14-15(28-11(2)22)17(30-18(20-25)16(14)29-12(3)23)19(24)26-9-13-7-5-4-6-8-13/h4-8,14-17,25H,9H2,1-3H3/b20-18-/t14-,15-,16+,17-/m0/s1. The van der Waals surface area contributed by atoms with Crippen LogP contribution >= 0.6 is 0 Å². The van der Waals surface area contributed by atoms with Crippen LogP contribution in [0.5, 0.6) is 0 Å². The number of esters is 4. The monoisotopic (exact) mass is 423 g/mol. The predicted octanol–water partition coefficient (Wildman–Crippen LogP) is 0.711. The van der Waals surface area contributed by atoms with E-state index < -0.39 is 54.2 Å². The Morgan fingerprint density at radius 1 is 0.933 bits per heavy atom. The van der Waals surface area contributed by atoms with Gasteiger partial charge >= 0.3 is 23.9 Å². The maximum atomic E-state index is 12.7. The number of oxime groups is 1. The van der Waals surface area contributed by atoms with Crippen LogP contribution in [-0.2, 0) is 49.5 Å². The average Bonchev–Trinajstić information content (AvgIpc) is 2.68. The minimum absolute atomic E-state index is 0.121. The van der Waals surface area contributed by atoms with Gasteiger partial charge in [-0.25, -0.2) is 4.79 Å². The van der Waals surface area contributed by atoms with Gasteiger partial charge in [-0.05, 0) is 5.56 Å². The molecule has 0 radical (unpaired) electrons. The Labute approximate surface area is 171 Å². The van der Waals surface area contributed by atoms with E-state index in [1.165, 1.54) is 0 Å². The lowest BCUT2D eigenvalue weighted by atomic mass is 9.98. The third-order valence-electron chi connectivity index (χ3n) is 3.86. The molecule has 1 fully saturated rings. The van der Waals surface area contributed by atoms with Gasteiger partial charge in [0.15, 0.2) is 12.2 Å². The molecule has 11 heteroatoms. The van der Waals surface area contributed by atoms with Crippen LogP contribution in [0.2, 0.25) is 0 Å². The molecule has 0 amide bonds. The van der Waals surface area contributed by atoms with E-state index in [9.17, 15) is 24.4 Å². The first-order valence-corrected chi connectivity index (χ1v) is 8.83. The fourth-order valence-corrected chi connectivity index (χ4v) is 2.76. The van der Waals surface area contributed by atoms with Crippen LogP contribution in [0.4, 0.5) is 0 Å². The van der Waals surface area contributed by atoms with E-state index in [1.807, 2.05) is 0 Å². The fourth-order valence-electron chi connectivity index (χ4n) is 2.76. The molecule has 0 aliphatic carbocycles. The number of hydrogen-bond acceptors (Lipinski definition) is 11. The summed E-state index contributed by atoms with van der Waals surface area (Å²) in [7, 11) is 0. The molecule has 2 rings (SSSR count). The number of nitrogens with zero attached hydrogens (tertiary/aromatic N) is 1. The molecule has 162 valence electrons. The van der Waals surface area contributed by atoms with Crippen molar-refractivity contribution in [2.75, 3.05) is 0 Å². The molecule has 30 heavy (non-hydrogen) atoms. The van der Waals surface area contributed by atoms with Crippen LogP contribution in [0.3, 0.4) is 0 Å². The first-order valence-electron chi connectivity index (χ1n) is 8.83. The summed E-state index contributed by atoms with van der Waals surface area (Å²) in [5.74, 6) is -4.09. The van der Waals surface area contributed by atoms with Crippen LogP contribution < -0.4 is 0 Å². The van der Waals surface area contributed by atoms with E-state index in [-0.39, 0.29) is 6.61 Å². The summed E-state index contributed by atoms with van der Waals surface area (Å²) < 4.78 is 25.8. The number of hydrogen-bond donors (Lipinski definition) is 1. The molecule has 4 atom stereocenters. The molecule has 0 aromatic heterocycles. The van der Waals surface area contributed by atoms with Crippen LogP contribution in [0, 0.1) is 0 Å². The number of carbonyl (C=O) groups is 4. The molecular formula is C19H21NO10. The molecule has 0 spiro atoms. The van der Waals surface area contributed by atoms with Gasteiger partial charge in [0.2, 0.25) is 12.2 Å². The van der Waals surface area contributed by atoms with Crippen LogP contribution in [0.1, 0.15) is 26.3 Å². The average molecular weight is 423 g/mol. The fraction of sp³-hybridized carbons (Fsp3) is 0.421. The molecule has 11 nitrogen and oxygen atoms in total. The van der Waals surface area contributed by atoms with Crippen molar-refractivity contribution < 1.29 is 48.1 Å². The Balaban J connectivity index is 2.33. The zero-order chi connectivity index (χ0) is 22.3. The Hall–Kier alpha value is -3.63. The largest absolute Gasteiger partial charge is 0.458 e. The van der Waals surface area contributed by atoms with Gasteiger partial charge in [-0.15, -0.1) is 0 Å². The van der Waals surface area contributed by atoms with E-state index >= 15 is 0 Å². The Morgan fingerprint density at radius 3 is 2.03 bits per heavy atom. The van der Waals surface area contributed by atoms with Crippen molar-refractivity contribution in [3.05, 3.63) is 35.9 Å². The second-order valence-electron chi connectivity index (χ2n) is 6.25. The molecule has 1 aromatic rings. The lowest BCUT2D eigenvalue weighted by molar-refractivity contribution is -0.203. The SMILES string of the molecule is CC(=O)O[C@H]1[C@H](OC(C)=O)[C@@H](OC(C)=O)/C(=N/O)O[C@@H]1C(=O)OCc1ccccc1. The van der Waals surface area contributed by atoms with E-state index in [0.717, 1.165) is 20.8 Å². The molecule has 1 heterocycles. The molecule has 1 N–H and O–H groups in total. The first kappa shape index (κ1) is 22.7. The van der Waals surface area contributed by atoms with Crippen LogP contribution in [0.25, 0.3) is 0 Å². The minimum Gasteiger partial charge on any atom is -0.458 e. The first-order chi connectivity index (χ1) is 14.2. The van der Waals surface area contributed by atoms with Crippen molar-refractivity contribution in [2.45, 2.75) is 51.8 Å². The highest BCUT2D eigenvalue weighted by Crippen LogP contribution is 2.27. The quantitative estimate of drug-likeness (QED) is 0.300. The van der Waals surface area contributed by atoms with Gasteiger partial charge < -0.3 is 28.9 Å². The van der Waals surface area contributed by atoms with Gasteiger partial charge in [0.25, 0.3) is 5.90 Å². The van der Waals surface area contributed by atoms with E-state index in [0.29, 0.717) is 5.56 Å². The Kier molecular flexibility index (Phi) is 7.73. The van der Waals surface area contributed by atoms with Gasteiger partial charge in [-0.1, -0.05) is 35.5 Å². The van der Waals surface area contributed by atoms with Crippen molar-refractivity contribution in [3.8, 4) is 0 Å². The van der Waals surface area contributed by atoms with Gasteiger partial charge in [0.1, 0.15) is 6.61 Å². The summed E-state index contributed by atoms with van der Waals surface area (Å²) in [5.41, 5.74) is 0.677. The number of benzene rings is 1. The predicted molar refractivity (Wildman–Crippen MR) is 97.0 cm³/mol. The summed E-state index contributed by atoms with van der Waals surface area (Å²) in [4.78, 5) is 47.3. The highest BCUT2D eigenvalue weighted by molar-refractivity contribution is 5.89. The van der Waals surface area contributed by atoms with E-state index in [2.05, 4.69) is 5.16 Å². The molecule has 1 aliphatic heterocycles. The summed E-state index contributed by atoms with van der Waals surface area (Å²) in [5, 5.41) is 12.2. The van der Waals surface area contributed by atoms with E-state index in [4.69, 9.17) is 23.7 Å². The third-order valence-corrected chi connectivity index (χ3v) is 3.86. The Bertz CT molecular complexity index is 822. The van der Waals surface area contributed by atoms with Crippen molar-refractivity contribution in [2.24, 2.45) is 5.16 Å². The van der Waals surface area contributed by atoms with E-state index in [1.54, 1.807) is 30.3 Å². The maximum absolute atomic E-state index is 12.7. The number of rotatable bonds is 6. The van der Waals surface area contributed by atoms with Crippen molar-refractivity contribution in [1.29, 1.82) is 0 Å². The maximum Gasteiger partial charge on any atom is 0.351 e. The summed E-state index contributed by atoms with van der Waals surface area (Å²) in [6.45, 7) is 3.06. The normalized spacial score (nSPS) is 24.3. The number of ether oxygens (including phenoxy) is 5. The zero-order valence-electron chi connectivity index (χ0n) is 16.5. The van der Waals surface area contributed by atoms with Crippen molar-refractivity contribution >= 4 is 29.8 Å². The zero-order valence-corrected chi connectivity index (χ0v) is 16.5. The summed E-state index contributed by atoms with van der Waals surface area (Å²) in [6, 6.07) is 8.72. The highest BCUT2D eigenvalue weighted by atomic mass is 16.7. The molecule has 1 aliphatic rings. The molecule has 1 saturated heterocycles. The van der Waals surface area contributed by atoms with Crippen LogP contribution in [0.15, 0.2) is 35.5 Å². The minimum atomic E-state index is -1.65. The molecule has 0 unspecified atom stereocenters. The van der Waals surface area contributed by atoms with Crippen molar-refractivity contribution in [3.63, 3.8) is 0 Å². The molecule has 1 aromatic carbocycles. The molecule has 0 bridgehead atoms. The lowest BCUT2D eigenvalue weighted by Gasteiger charge is -2.39. The highest BCUT2D eigenvalue weighted by Gasteiger charge is 2.54. The molecule has 0 saturated carbocycles. The number of carbonyl (C=O) groups excluding carboxylic acids is 4. The van der Waals surface area contributed by atoms with Gasteiger partial charge in [0, 0.05) is 20.8 Å². The summed E-state index contributed by atoms with van der Waals surface area (Å²) >= 11 is 0. The summed E-state index contributed by atoms with van der Waals surface area (Å²) in [6.07, 6.45) is -6.27. The second-order valence-corrected chi connectivity index (χ2v) is 6.25.